The van der Waals surface area contributed by atoms with Gasteiger partial charge in [-0.1, -0.05) is 23.7 Å². The highest BCUT2D eigenvalue weighted by molar-refractivity contribution is 6.31. The average molecular weight is 334 g/mol. The zero-order chi connectivity index (χ0) is 16.0. The topological polar surface area (TPSA) is 26.4 Å². The van der Waals surface area contributed by atoms with E-state index in [-0.39, 0.29) is 11.4 Å². The fourth-order valence-electron chi connectivity index (χ4n) is 4.22. The third-order valence-corrected chi connectivity index (χ3v) is 5.52. The van der Waals surface area contributed by atoms with Crippen LogP contribution in [0.5, 0.6) is 0 Å². The standard InChI is InChI=1S/C18H18ClFN2O/c19-15-3-1-4-16(20)14(15)11-21-8-12-7-13(10-21)17-5-2-6-18(23)22(17)9-12/h1-6,12-13H,7-11H2/p+1. The second-order valence-corrected chi connectivity index (χ2v) is 7.14. The van der Waals surface area contributed by atoms with Gasteiger partial charge in [-0.2, -0.15) is 0 Å². The third kappa shape index (κ3) is 2.70. The molecule has 2 aliphatic rings. The Bertz CT molecular complexity index is 784. The summed E-state index contributed by atoms with van der Waals surface area (Å²) in [4.78, 5) is 13.4. The number of likely N-dealkylation sites (tertiary alicyclic amines) is 1. The van der Waals surface area contributed by atoms with Gasteiger partial charge in [0.25, 0.3) is 5.56 Å². The molecular weight excluding hydrogens is 315 g/mol. The molecular formula is C18H19ClFN2O+. The maximum absolute atomic E-state index is 14.0. The molecule has 1 aromatic carbocycles. The number of piperidine rings is 1. The molecule has 3 nitrogen and oxygen atoms in total. The molecule has 0 aliphatic carbocycles. The lowest BCUT2D eigenvalue weighted by molar-refractivity contribution is -0.924. The smallest absolute Gasteiger partial charge is 0.250 e. The first-order valence-electron chi connectivity index (χ1n) is 8.08. The monoisotopic (exact) mass is 333 g/mol. The molecule has 1 saturated heterocycles. The summed E-state index contributed by atoms with van der Waals surface area (Å²) in [6.45, 7) is 3.27. The highest BCUT2D eigenvalue weighted by Crippen LogP contribution is 2.30. The predicted octanol–water partition coefficient (Wildman–Crippen LogP) is 1.84. The zero-order valence-electron chi connectivity index (χ0n) is 12.8. The van der Waals surface area contributed by atoms with Crippen LogP contribution in [0.4, 0.5) is 4.39 Å². The minimum Gasteiger partial charge on any atom is -0.330 e. The molecule has 1 fully saturated rings. The third-order valence-electron chi connectivity index (χ3n) is 5.16. The number of hydrogen-bond acceptors (Lipinski definition) is 1. The van der Waals surface area contributed by atoms with Gasteiger partial charge < -0.3 is 9.47 Å². The van der Waals surface area contributed by atoms with Gasteiger partial charge in [0.05, 0.1) is 23.7 Å². The van der Waals surface area contributed by atoms with E-state index in [4.69, 9.17) is 11.6 Å². The fourth-order valence-corrected chi connectivity index (χ4v) is 4.45. The van der Waals surface area contributed by atoms with E-state index < -0.39 is 0 Å². The van der Waals surface area contributed by atoms with Gasteiger partial charge in [-0.3, -0.25) is 4.79 Å². The minimum absolute atomic E-state index is 0.0952. The molecule has 0 spiro atoms. The number of fused-ring (bicyclic) bond motifs is 4. The Morgan fingerprint density at radius 2 is 2.04 bits per heavy atom. The summed E-state index contributed by atoms with van der Waals surface area (Å²) in [5.41, 5.74) is 1.83. The van der Waals surface area contributed by atoms with Crippen molar-refractivity contribution in [2.75, 3.05) is 13.1 Å². The normalized spacial score (nSPS) is 25.9. The summed E-state index contributed by atoms with van der Waals surface area (Å²) in [5.74, 6) is 0.621. The van der Waals surface area contributed by atoms with E-state index in [0.717, 1.165) is 31.7 Å². The van der Waals surface area contributed by atoms with Gasteiger partial charge in [0, 0.05) is 30.1 Å². The van der Waals surface area contributed by atoms with Crippen molar-refractivity contribution < 1.29 is 9.29 Å². The van der Waals surface area contributed by atoms with Gasteiger partial charge in [0.1, 0.15) is 12.4 Å². The van der Waals surface area contributed by atoms with E-state index in [0.29, 0.717) is 29.0 Å². The quantitative estimate of drug-likeness (QED) is 0.892. The van der Waals surface area contributed by atoms with Gasteiger partial charge in [-0.15, -0.1) is 0 Å². The first kappa shape index (κ1) is 14.9. The van der Waals surface area contributed by atoms with E-state index in [9.17, 15) is 9.18 Å². The Labute approximate surface area is 139 Å². The summed E-state index contributed by atoms with van der Waals surface area (Å²) in [6.07, 6.45) is 1.12. The number of nitrogens with one attached hydrogen (secondary N) is 1. The van der Waals surface area contributed by atoms with E-state index in [1.807, 2.05) is 10.6 Å². The first-order valence-corrected chi connectivity index (χ1v) is 8.46. The van der Waals surface area contributed by atoms with Crippen molar-refractivity contribution in [1.82, 2.24) is 4.57 Å². The maximum Gasteiger partial charge on any atom is 0.250 e. The molecule has 2 bridgehead atoms. The highest BCUT2D eigenvalue weighted by Gasteiger charge is 2.37. The minimum atomic E-state index is -0.225. The van der Waals surface area contributed by atoms with Crippen molar-refractivity contribution in [3.63, 3.8) is 0 Å². The van der Waals surface area contributed by atoms with Crippen molar-refractivity contribution in [3.05, 3.63) is 68.8 Å². The van der Waals surface area contributed by atoms with Gasteiger partial charge in [0.15, 0.2) is 0 Å². The average Bonchev–Trinajstić information content (AvgIpc) is 2.52. The zero-order valence-corrected chi connectivity index (χ0v) is 13.5. The number of quaternary nitrogens is 1. The van der Waals surface area contributed by atoms with Crippen LogP contribution in [0.15, 0.2) is 41.2 Å². The van der Waals surface area contributed by atoms with Crippen LogP contribution in [0.1, 0.15) is 23.6 Å². The van der Waals surface area contributed by atoms with Crippen molar-refractivity contribution in [1.29, 1.82) is 0 Å². The van der Waals surface area contributed by atoms with Crippen LogP contribution < -0.4 is 10.5 Å². The number of aromatic nitrogens is 1. The van der Waals surface area contributed by atoms with Crippen LogP contribution in [0.3, 0.4) is 0 Å². The molecule has 3 unspecified atom stereocenters. The summed E-state index contributed by atoms with van der Waals surface area (Å²) in [5, 5.41) is 0.504. The number of benzene rings is 1. The summed E-state index contributed by atoms with van der Waals surface area (Å²) >= 11 is 6.17. The second kappa shape index (κ2) is 5.77. The Morgan fingerprint density at radius 1 is 1.22 bits per heavy atom. The van der Waals surface area contributed by atoms with Crippen LogP contribution in [-0.4, -0.2) is 17.7 Å². The molecule has 1 N–H and O–H groups in total. The molecule has 0 saturated carbocycles. The van der Waals surface area contributed by atoms with Gasteiger partial charge >= 0.3 is 0 Å². The Kier molecular flexibility index (Phi) is 3.74. The predicted molar refractivity (Wildman–Crippen MR) is 87.4 cm³/mol. The Balaban J connectivity index is 1.60. The van der Waals surface area contributed by atoms with Crippen molar-refractivity contribution in [2.24, 2.45) is 5.92 Å². The van der Waals surface area contributed by atoms with Crippen LogP contribution in [0.25, 0.3) is 0 Å². The van der Waals surface area contributed by atoms with Crippen LogP contribution in [0, 0.1) is 11.7 Å². The van der Waals surface area contributed by atoms with E-state index in [1.165, 1.54) is 11.0 Å². The lowest BCUT2D eigenvalue weighted by atomic mass is 9.83. The molecule has 1 aromatic heterocycles. The molecule has 2 aliphatic heterocycles. The lowest BCUT2D eigenvalue weighted by Crippen LogP contribution is -3.13. The second-order valence-electron chi connectivity index (χ2n) is 6.73. The molecule has 2 aromatic rings. The number of halogens is 2. The maximum atomic E-state index is 14.0. The van der Waals surface area contributed by atoms with Gasteiger partial charge in [0.2, 0.25) is 0 Å². The van der Waals surface area contributed by atoms with Crippen LogP contribution in [-0.2, 0) is 13.1 Å². The molecule has 0 amide bonds. The molecule has 3 heterocycles. The van der Waals surface area contributed by atoms with Crippen LogP contribution in [0.2, 0.25) is 5.02 Å². The molecule has 4 rings (SSSR count). The van der Waals surface area contributed by atoms with Crippen molar-refractivity contribution >= 4 is 11.6 Å². The number of rotatable bonds is 2. The Morgan fingerprint density at radius 3 is 2.87 bits per heavy atom. The SMILES string of the molecule is O=c1cccc2n1CC1CC2C[NH+](Cc2c(F)cccc2Cl)C1. The van der Waals surface area contributed by atoms with Gasteiger partial charge in [-0.05, 0) is 24.6 Å². The van der Waals surface area contributed by atoms with E-state index in [2.05, 4.69) is 6.07 Å². The number of pyridine rings is 1. The largest absolute Gasteiger partial charge is 0.330 e. The first-order chi connectivity index (χ1) is 11.1. The fraction of sp³-hybridized carbons (Fsp3) is 0.389. The molecule has 0 radical (unpaired) electrons. The number of hydrogen-bond donors (Lipinski definition) is 1. The molecule has 3 atom stereocenters. The highest BCUT2D eigenvalue weighted by atomic mass is 35.5. The van der Waals surface area contributed by atoms with Crippen LogP contribution >= 0.6 is 11.6 Å². The van der Waals surface area contributed by atoms with Gasteiger partial charge in [-0.25, -0.2) is 4.39 Å². The molecule has 5 heteroatoms. The lowest BCUT2D eigenvalue weighted by Gasteiger charge is -2.40. The van der Waals surface area contributed by atoms with Crippen molar-refractivity contribution in [2.45, 2.75) is 25.4 Å². The van der Waals surface area contributed by atoms with E-state index in [1.54, 1.807) is 18.2 Å². The molecule has 23 heavy (non-hydrogen) atoms. The molecule has 120 valence electrons. The Hall–Kier alpha value is -1.65. The number of nitrogens with zero attached hydrogens (tertiary/aromatic N) is 1. The summed E-state index contributed by atoms with van der Waals surface area (Å²) in [7, 11) is 0. The van der Waals surface area contributed by atoms with Crippen molar-refractivity contribution in [3.8, 4) is 0 Å². The summed E-state index contributed by atoms with van der Waals surface area (Å²) < 4.78 is 16.0. The summed E-state index contributed by atoms with van der Waals surface area (Å²) in [6, 6.07) is 10.4. The van der Waals surface area contributed by atoms with E-state index >= 15 is 0 Å².